The summed E-state index contributed by atoms with van der Waals surface area (Å²) < 4.78 is 7.53. The van der Waals surface area contributed by atoms with Crippen LogP contribution in [0.1, 0.15) is 41.4 Å². The number of hydrogen-bond acceptors (Lipinski definition) is 7. The summed E-state index contributed by atoms with van der Waals surface area (Å²) in [6.07, 6.45) is 0. The minimum absolute atomic E-state index is 0.350. The molecular formula is C26H30N4OS2. The zero-order valence-corrected chi connectivity index (χ0v) is 20.6. The average molecular weight is 479 g/mol. The van der Waals surface area contributed by atoms with E-state index in [1.165, 1.54) is 16.7 Å². The molecule has 0 aliphatic rings. The van der Waals surface area contributed by atoms with Crippen LogP contribution in [0.15, 0.2) is 95.5 Å². The van der Waals surface area contributed by atoms with Crippen LogP contribution in [0.25, 0.3) is 0 Å². The smallest absolute Gasteiger partial charge is 0.244 e. The Hall–Kier alpha value is -2.58. The molecule has 3 aromatic carbocycles. The number of nitrogens with two attached hydrogens (primary N) is 1. The van der Waals surface area contributed by atoms with Crippen molar-refractivity contribution < 1.29 is 4.52 Å². The second kappa shape index (κ2) is 12.6. The van der Waals surface area contributed by atoms with Crippen molar-refractivity contribution in [3.05, 3.63) is 119 Å². The van der Waals surface area contributed by atoms with E-state index in [1.54, 1.807) is 18.7 Å². The molecule has 3 N–H and O–H groups in total. The topological polar surface area (TPSA) is 77.0 Å². The Balaban J connectivity index is 0.000000709. The van der Waals surface area contributed by atoms with Crippen LogP contribution in [0.2, 0.25) is 0 Å². The third-order valence-corrected chi connectivity index (χ3v) is 7.02. The highest BCUT2D eigenvalue weighted by atomic mass is 32.2. The molecule has 0 amide bonds. The van der Waals surface area contributed by atoms with Gasteiger partial charge in [0.25, 0.3) is 0 Å². The summed E-state index contributed by atoms with van der Waals surface area (Å²) in [5.41, 5.74) is 10.0. The lowest BCUT2D eigenvalue weighted by Gasteiger charge is -2.36. The van der Waals surface area contributed by atoms with E-state index < -0.39 is 4.75 Å². The van der Waals surface area contributed by atoms with Gasteiger partial charge >= 0.3 is 0 Å². The molecule has 4 rings (SSSR count). The van der Waals surface area contributed by atoms with Crippen LogP contribution in [-0.2, 0) is 4.75 Å². The first kappa shape index (κ1) is 25.1. The number of hydrogen-bond donors (Lipinski definition) is 3. The standard InChI is InChI=1S/C24H23N3OS.C2H7NS/c1-18-26-23(28-27-18)22(25)17-29-24(19-11-5-2-6-12-19,20-13-7-3-8-14-20)21-15-9-4-10-16-21;1-2-3-4/h2-16,22H,17,25H2,1H3;3-4H,2H2,1H3/t22-;/m0./s1. The zero-order chi connectivity index (χ0) is 23.5. The number of thiol groups is 1. The number of aromatic nitrogens is 2. The molecule has 0 saturated carbocycles. The van der Waals surface area contributed by atoms with Crippen LogP contribution < -0.4 is 10.5 Å². The lowest BCUT2D eigenvalue weighted by molar-refractivity contribution is 0.360. The van der Waals surface area contributed by atoms with E-state index in [0.29, 0.717) is 17.5 Å². The van der Waals surface area contributed by atoms with E-state index in [2.05, 4.69) is 100 Å². The summed E-state index contributed by atoms with van der Waals surface area (Å²) in [5.74, 6) is 1.69. The maximum absolute atomic E-state index is 6.43. The molecule has 0 saturated heterocycles. The van der Waals surface area contributed by atoms with Gasteiger partial charge in [-0.05, 0) is 23.6 Å². The molecule has 5 nitrogen and oxygen atoms in total. The fourth-order valence-corrected chi connectivity index (χ4v) is 5.00. The number of aryl methyl sites for hydroxylation is 1. The first-order valence-electron chi connectivity index (χ1n) is 10.8. The average Bonchev–Trinajstić information content (AvgIpc) is 3.33. The molecule has 0 spiro atoms. The Bertz CT molecular complexity index is 977. The normalized spacial score (nSPS) is 12.0. The van der Waals surface area contributed by atoms with E-state index in [-0.39, 0.29) is 6.04 Å². The van der Waals surface area contributed by atoms with Gasteiger partial charge in [0.2, 0.25) is 5.89 Å². The minimum Gasteiger partial charge on any atom is -0.338 e. The molecule has 1 heterocycles. The van der Waals surface area contributed by atoms with Crippen LogP contribution in [0.4, 0.5) is 0 Å². The molecule has 172 valence electrons. The first-order chi connectivity index (χ1) is 16.1. The zero-order valence-electron chi connectivity index (χ0n) is 18.9. The van der Waals surface area contributed by atoms with Crippen LogP contribution in [0.3, 0.4) is 0 Å². The monoisotopic (exact) mass is 478 g/mol. The molecular weight excluding hydrogens is 448 g/mol. The van der Waals surface area contributed by atoms with Gasteiger partial charge in [-0.2, -0.15) is 4.98 Å². The van der Waals surface area contributed by atoms with E-state index in [1.807, 2.05) is 25.1 Å². The molecule has 0 aliphatic carbocycles. The molecule has 0 radical (unpaired) electrons. The summed E-state index contributed by atoms with van der Waals surface area (Å²) in [5, 5.41) is 3.88. The van der Waals surface area contributed by atoms with Crippen LogP contribution in [0, 0.1) is 6.92 Å². The number of rotatable bonds is 8. The highest BCUT2D eigenvalue weighted by Gasteiger charge is 2.37. The lowest BCUT2D eigenvalue weighted by Crippen LogP contribution is -2.28. The summed E-state index contributed by atoms with van der Waals surface area (Å²) in [7, 11) is 0. The van der Waals surface area contributed by atoms with Gasteiger partial charge < -0.3 is 10.3 Å². The predicted molar refractivity (Wildman–Crippen MR) is 140 cm³/mol. The van der Waals surface area contributed by atoms with Gasteiger partial charge in [0.1, 0.15) is 0 Å². The highest BCUT2D eigenvalue weighted by molar-refractivity contribution is 8.00. The van der Waals surface area contributed by atoms with Gasteiger partial charge in [0, 0.05) is 12.3 Å². The van der Waals surface area contributed by atoms with Gasteiger partial charge in [-0.3, -0.25) is 4.72 Å². The summed E-state index contributed by atoms with van der Waals surface area (Å²) in [6, 6.07) is 31.3. The third-order valence-electron chi connectivity index (χ3n) is 5.04. The summed E-state index contributed by atoms with van der Waals surface area (Å²) in [6.45, 7) is 4.73. The van der Waals surface area contributed by atoms with Crippen molar-refractivity contribution in [1.82, 2.24) is 14.9 Å². The predicted octanol–water partition coefficient (Wildman–Crippen LogP) is 5.54. The molecule has 33 heavy (non-hydrogen) atoms. The van der Waals surface area contributed by atoms with Gasteiger partial charge in [-0.1, -0.05) is 116 Å². The molecule has 0 fully saturated rings. The van der Waals surface area contributed by atoms with Crippen molar-refractivity contribution in [2.45, 2.75) is 24.6 Å². The molecule has 0 unspecified atom stereocenters. The molecule has 0 bridgehead atoms. The Morgan fingerprint density at radius 2 is 1.33 bits per heavy atom. The van der Waals surface area contributed by atoms with Gasteiger partial charge in [0.15, 0.2) is 5.82 Å². The number of nitrogens with one attached hydrogen (secondary N) is 1. The van der Waals surface area contributed by atoms with Crippen molar-refractivity contribution in [2.75, 3.05) is 12.3 Å². The van der Waals surface area contributed by atoms with Crippen LogP contribution in [0.5, 0.6) is 0 Å². The summed E-state index contributed by atoms with van der Waals surface area (Å²) >= 11 is 5.46. The minimum atomic E-state index is -0.406. The number of thioether (sulfide) groups is 1. The number of benzene rings is 3. The highest BCUT2D eigenvalue weighted by Crippen LogP contribution is 2.49. The van der Waals surface area contributed by atoms with Crippen LogP contribution >= 0.6 is 24.6 Å². The molecule has 4 aromatic rings. The second-order valence-corrected chi connectivity index (χ2v) is 8.94. The largest absolute Gasteiger partial charge is 0.338 e. The Labute approximate surface area is 205 Å². The quantitative estimate of drug-likeness (QED) is 0.228. The van der Waals surface area contributed by atoms with Crippen molar-refractivity contribution in [2.24, 2.45) is 5.73 Å². The van der Waals surface area contributed by atoms with Crippen LogP contribution in [-0.4, -0.2) is 22.4 Å². The lowest BCUT2D eigenvalue weighted by atomic mass is 9.84. The van der Waals surface area contributed by atoms with Crippen molar-refractivity contribution in [3.8, 4) is 0 Å². The SMILES string of the molecule is CCNS.Cc1noc([C@@H](N)CSC(c2ccccc2)(c2ccccc2)c2ccccc2)n1. The van der Waals surface area contributed by atoms with Crippen molar-refractivity contribution in [3.63, 3.8) is 0 Å². The van der Waals surface area contributed by atoms with E-state index >= 15 is 0 Å². The molecule has 1 aromatic heterocycles. The molecule has 1 atom stereocenters. The van der Waals surface area contributed by atoms with Crippen molar-refractivity contribution in [1.29, 1.82) is 0 Å². The third kappa shape index (κ3) is 6.26. The molecule has 0 aliphatic heterocycles. The van der Waals surface area contributed by atoms with E-state index in [0.717, 1.165) is 6.54 Å². The maximum Gasteiger partial charge on any atom is 0.244 e. The van der Waals surface area contributed by atoms with Gasteiger partial charge in [0.05, 0.1) is 10.8 Å². The Kier molecular flexibility index (Phi) is 9.57. The summed E-state index contributed by atoms with van der Waals surface area (Å²) in [4.78, 5) is 4.31. The van der Waals surface area contributed by atoms with Crippen molar-refractivity contribution >= 4 is 24.6 Å². The maximum atomic E-state index is 6.43. The second-order valence-electron chi connectivity index (χ2n) is 7.39. The molecule has 7 heteroatoms. The first-order valence-corrected chi connectivity index (χ1v) is 12.3. The van der Waals surface area contributed by atoms with Gasteiger partial charge in [-0.25, -0.2) is 0 Å². The Morgan fingerprint density at radius 1 is 0.909 bits per heavy atom. The Morgan fingerprint density at radius 3 is 1.67 bits per heavy atom. The number of nitrogens with zero attached hydrogens (tertiary/aromatic N) is 2. The fraction of sp³-hybridized carbons (Fsp3) is 0.231. The van der Waals surface area contributed by atoms with Gasteiger partial charge in [-0.15, -0.1) is 11.8 Å². The fourth-order valence-electron chi connectivity index (χ4n) is 3.52. The van der Waals surface area contributed by atoms with E-state index in [9.17, 15) is 0 Å². The van der Waals surface area contributed by atoms with E-state index in [4.69, 9.17) is 10.3 Å².